The highest BCUT2D eigenvalue weighted by Gasteiger charge is 2.30. The van der Waals surface area contributed by atoms with Crippen molar-refractivity contribution in [3.05, 3.63) is 23.4 Å². The van der Waals surface area contributed by atoms with Crippen LogP contribution in [-0.4, -0.2) is 52.9 Å². The molecule has 0 bridgehead atoms. The highest BCUT2D eigenvalue weighted by atomic mass is 16.6. The number of fused-ring (bicyclic) bond motifs is 1. The molecule has 6 heteroatoms. The van der Waals surface area contributed by atoms with Crippen LogP contribution in [0, 0.1) is 0 Å². The number of amides is 1. The number of anilines is 1. The van der Waals surface area contributed by atoms with Gasteiger partial charge in [-0.2, -0.15) is 0 Å². The van der Waals surface area contributed by atoms with Gasteiger partial charge in [0.2, 0.25) is 0 Å². The third-order valence-electron chi connectivity index (χ3n) is 5.49. The van der Waals surface area contributed by atoms with Crippen molar-refractivity contribution in [2.45, 2.75) is 90.4 Å². The van der Waals surface area contributed by atoms with Gasteiger partial charge in [0.05, 0.1) is 12.6 Å². The first-order valence-corrected chi connectivity index (χ1v) is 11.0. The lowest BCUT2D eigenvalue weighted by molar-refractivity contribution is 0.0207. The molecule has 2 aliphatic rings. The summed E-state index contributed by atoms with van der Waals surface area (Å²) in [4.78, 5) is 18.7. The lowest BCUT2D eigenvalue weighted by Crippen LogP contribution is -2.36. The fourth-order valence-electron chi connectivity index (χ4n) is 3.82. The molecule has 3 rings (SSSR count). The van der Waals surface area contributed by atoms with E-state index in [-0.39, 0.29) is 17.7 Å². The number of aryl methyl sites for hydroxylation is 2. The minimum absolute atomic E-state index is 0.121. The summed E-state index contributed by atoms with van der Waals surface area (Å²) in [6.07, 6.45) is 6.02. The van der Waals surface area contributed by atoms with E-state index in [1.165, 1.54) is 5.56 Å². The van der Waals surface area contributed by atoms with Crippen LogP contribution in [0.25, 0.3) is 0 Å². The highest BCUT2D eigenvalue weighted by molar-refractivity contribution is 5.68. The summed E-state index contributed by atoms with van der Waals surface area (Å²) in [6.45, 7) is 12.2. The average Bonchev–Trinajstić information content (AvgIpc) is 3.08. The average molecular weight is 404 g/mol. The van der Waals surface area contributed by atoms with Gasteiger partial charge in [-0.1, -0.05) is 6.07 Å². The van der Waals surface area contributed by atoms with Crippen molar-refractivity contribution in [1.82, 2.24) is 9.88 Å². The second kappa shape index (κ2) is 8.90. The van der Waals surface area contributed by atoms with E-state index in [4.69, 9.17) is 14.5 Å². The molecular weight excluding hydrogens is 366 g/mol. The van der Waals surface area contributed by atoms with Gasteiger partial charge >= 0.3 is 6.09 Å². The number of pyridine rings is 1. The monoisotopic (exact) mass is 403 g/mol. The molecule has 3 heterocycles. The maximum atomic E-state index is 12.1. The van der Waals surface area contributed by atoms with Crippen LogP contribution in [0.4, 0.5) is 10.6 Å². The van der Waals surface area contributed by atoms with Crippen molar-refractivity contribution >= 4 is 11.9 Å². The first-order chi connectivity index (χ1) is 13.6. The summed E-state index contributed by atoms with van der Waals surface area (Å²) in [5.41, 5.74) is 2.14. The van der Waals surface area contributed by atoms with E-state index in [1.807, 2.05) is 20.8 Å². The number of hydrogen-bond acceptors (Lipinski definition) is 5. The van der Waals surface area contributed by atoms with E-state index in [1.54, 1.807) is 4.90 Å². The van der Waals surface area contributed by atoms with Crippen molar-refractivity contribution in [1.29, 1.82) is 0 Å². The SMILES string of the molecule is CC1(C)CCc2ccc(CCCCO[C@@H]3CCN(C(=O)OC(C)(C)C)C3)nc2N1. The number of rotatable bonds is 6. The van der Waals surface area contributed by atoms with Crippen LogP contribution in [-0.2, 0) is 22.3 Å². The minimum atomic E-state index is -0.452. The van der Waals surface area contributed by atoms with Crippen molar-refractivity contribution in [3.63, 3.8) is 0 Å². The first kappa shape index (κ1) is 21.9. The Hall–Kier alpha value is -1.82. The van der Waals surface area contributed by atoms with Crippen LogP contribution in [0.1, 0.15) is 71.6 Å². The van der Waals surface area contributed by atoms with E-state index in [0.717, 1.165) is 56.6 Å². The largest absolute Gasteiger partial charge is 0.444 e. The van der Waals surface area contributed by atoms with Crippen LogP contribution < -0.4 is 5.32 Å². The van der Waals surface area contributed by atoms with Crippen LogP contribution in [0.3, 0.4) is 0 Å². The van der Waals surface area contributed by atoms with Crippen LogP contribution >= 0.6 is 0 Å². The van der Waals surface area contributed by atoms with Gasteiger partial charge in [0.15, 0.2) is 0 Å². The number of likely N-dealkylation sites (tertiary alicyclic amines) is 1. The van der Waals surface area contributed by atoms with Gasteiger partial charge in [-0.25, -0.2) is 9.78 Å². The summed E-state index contributed by atoms with van der Waals surface area (Å²) in [7, 11) is 0. The number of unbranched alkanes of at least 4 members (excludes halogenated alkanes) is 1. The van der Waals surface area contributed by atoms with Gasteiger partial charge in [-0.3, -0.25) is 0 Å². The van der Waals surface area contributed by atoms with Crippen LogP contribution in [0.2, 0.25) is 0 Å². The number of carbonyl (C=O) groups excluding carboxylic acids is 1. The standard InChI is InChI=1S/C23H37N3O3/c1-22(2,3)29-21(27)26-14-12-19(16-26)28-15-7-6-8-18-10-9-17-11-13-23(4,5)25-20(17)24-18/h9-10,19H,6-8,11-16H2,1-5H3,(H,24,25)/t19-/m1/s1. The fourth-order valence-corrected chi connectivity index (χ4v) is 3.82. The van der Waals surface area contributed by atoms with Gasteiger partial charge in [0.25, 0.3) is 0 Å². The number of aromatic nitrogens is 1. The third-order valence-corrected chi connectivity index (χ3v) is 5.49. The molecule has 1 N–H and O–H groups in total. The van der Waals surface area contributed by atoms with E-state index >= 15 is 0 Å². The molecule has 1 amide bonds. The highest BCUT2D eigenvalue weighted by Crippen LogP contribution is 2.29. The van der Waals surface area contributed by atoms with Gasteiger partial charge in [-0.05, 0) is 84.8 Å². The fraction of sp³-hybridized carbons (Fsp3) is 0.739. The molecule has 6 nitrogen and oxygen atoms in total. The Labute approximate surface area is 175 Å². The van der Waals surface area contributed by atoms with Crippen molar-refractivity contribution in [2.24, 2.45) is 0 Å². The van der Waals surface area contributed by atoms with Crippen LogP contribution in [0.5, 0.6) is 0 Å². The maximum absolute atomic E-state index is 12.1. The molecule has 1 aromatic heterocycles. The van der Waals surface area contributed by atoms with Crippen molar-refractivity contribution < 1.29 is 14.3 Å². The number of nitrogens with one attached hydrogen (secondary N) is 1. The van der Waals surface area contributed by atoms with E-state index in [0.29, 0.717) is 13.1 Å². The molecule has 0 aromatic carbocycles. The molecule has 1 fully saturated rings. The van der Waals surface area contributed by atoms with Gasteiger partial charge in [-0.15, -0.1) is 0 Å². The lowest BCUT2D eigenvalue weighted by Gasteiger charge is -2.33. The second-order valence-corrected chi connectivity index (χ2v) is 9.98. The zero-order valence-electron chi connectivity index (χ0n) is 18.7. The van der Waals surface area contributed by atoms with E-state index in [2.05, 4.69) is 31.3 Å². The Balaban J connectivity index is 1.34. The Bertz CT molecular complexity index is 712. The third kappa shape index (κ3) is 6.59. The normalized spacial score (nSPS) is 20.9. The van der Waals surface area contributed by atoms with Crippen LogP contribution in [0.15, 0.2) is 12.1 Å². The smallest absolute Gasteiger partial charge is 0.410 e. The molecule has 0 spiro atoms. The van der Waals surface area contributed by atoms with E-state index < -0.39 is 5.60 Å². The molecule has 1 saturated heterocycles. The minimum Gasteiger partial charge on any atom is -0.444 e. The second-order valence-electron chi connectivity index (χ2n) is 9.98. The first-order valence-electron chi connectivity index (χ1n) is 11.0. The number of carbonyl (C=O) groups is 1. The molecule has 0 unspecified atom stereocenters. The zero-order chi connectivity index (χ0) is 21.1. The van der Waals surface area contributed by atoms with Crippen molar-refractivity contribution in [2.75, 3.05) is 25.0 Å². The molecule has 1 atom stereocenters. The van der Waals surface area contributed by atoms with Crippen molar-refractivity contribution in [3.8, 4) is 0 Å². The molecule has 2 aliphatic heterocycles. The molecule has 0 radical (unpaired) electrons. The number of hydrogen-bond donors (Lipinski definition) is 1. The predicted molar refractivity (Wildman–Crippen MR) is 115 cm³/mol. The maximum Gasteiger partial charge on any atom is 0.410 e. The number of nitrogens with zero attached hydrogens (tertiary/aromatic N) is 2. The molecule has 162 valence electrons. The Morgan fingerprint density at radius 3 is 2.86 bits per heavy atom. The lowest BCUT2D eigenvalue weighted by atomic mass is 9.91. The Kier molecular flexibility index (Phi) is 6.72. The molecular formula is C23H37N3O3. The molecule has 0 saturated carbocycles. The molecule has 0 aliphatic carbocycles. The summed E-state index contributed by atoms with van der Waals surface area (Å²) in [5, 5.41) is 3.56. The quantitative estimate of drug-likeness (QED) is 0.705. The van der Waals surface area contributed by atoms with Gasteiger partial charge in [0.1, 0.15) is 11.4 Å². The predicted octanol–water partition coefficient (Wildman–Crippen LogP) is 4.57. The Morgan fingerprint density at radius 1 is 1.31 bits per heavy atom. The summed E-state index contributed by atoms with van der Waals surface area (Å²) < 4.78 is 11.4. The zero-order valence-corrected chi connectivity index (χ0v) is 18.7. The Morgan fingerprint density at radius 2 is 2.10 bits per heavy atom. The topological polar surface area (TPSA) is 63.7 Å². The van der Waals surface area contributed by atoms with Gasteiger partial charge < -0.3 is 19.7 Å². The molecule has 29 heavy (non-hydrogen) atoms. The van der Waals surface area contributed by atoms with E-state index in [9.17, 15) is 4.79 Å². The summed E-state index contributed by atoms with van der Waals surface area (Å²) >= 11 is 0. The number of ether oxygens (including phenoxy) is 2. The summed E-state index contributed by atoms with van der Waals surface area (Å²) in [6, 6.07) is 4.38. The molecule has 1 aromatic rings. The summed E-state index contributed by atoms with van der Waals surface area (Å²) in [5.74, 6) is 1.06. The van der Waals surface area contributed by atoms with Gasteiger partial charge in [0, 0.05) is 24.4 Å².